The Hall–Kier alpha value is -2.33. The molecule has 4 nitrogen and oxygen atoms in total. The van der Waals surface area contributed by atoms with E-state index in [0.717, 1.165) is 37.0 Å². The van der Waals surface area contributed by atoms with Gasteiger partial charge < -0.3 is 15.4 Å². The molecule has 4 heteroatoms. The van der Waals surface area contributed by atoms with Crippen LogP contribution in [0, 0.1) is 24.7 Å². The van der Waals surface area contributed by atoms with E-state index in [1.165, 1.54) is 54.5 Å². The highest BCUT2D eigenvalue weighted by molar-refractivity contribution is 5.91. The molecule has 2 aromatic rings. The molecule has 2 N–H and O–H groups in total. The molecule has 3 fully saturated rings. The van der Waals surface area contributed by atoms with Crippen LogP contribution >= 0.6 is 0 Å². The molecule has 174 valence electrons. The van der Waals surface area contributed by atoms with E-state index >= 15 is 0 Å². The first-order valence-electron chi connectivity index (χ1n) is 13.0. The van der Waals surface area contributed by atoms with Crippen molar-refractivity contribution in [1.29, 1.82) is 0 Å². The largest absolute Gasteiger partial charge is 0.378 e. The number of anilines is 2. The molecule has 6 unspecified atom stereocenters. The van der Waals surface area contributed by atoms with Crippen LogP contribution < -0.4 is 10.6 Å². The maximum atomic E-state index is 12.6. The third-order valence-corrected chi connectivity index (χ3v) is 8.83. The number of benzene rings is 2. The number of hydrogen-bond acceptors (Lipinski definition) is 3. The van der Waals surface area contributed by atoms with Gasteiger partial charge in [0.1, 0.15) is 0 Å². The van der Waals surface area contributed by atoms with Crippen molar-refractivity contribution in [3.8, 4) is 0 Å². The number of carbonyl (C=O) groups is 1. The highest BCUT2D eigenvalue weighted by atomic mass is 16.5. The second-order valence-electron chi connectivity index (χ2n) is 10.8. The zero-order chi connectivity index (χ0) is 22.4. The third kappa shape index (κ3) is 4.07. The Morgan fingerprint density at radius 3 is 2.73 bits per heavy atom. The first-order chi connectivity index (χ1) is 16.2. The van der Waals surface area contributed by atoms with Gasteiger partial charge in [-0.3, -0.25) is 4.79 Å². The molecule has 2 aliphatic heterocycles. The first kappa shape index (κ1) is 21.2. The summed E-state index contributed by atoms with van der Waals surface area (Å²) in [5.41, 5.74) is 6.32. The Balaban J connectivity index is 1.30. The van der Waals surface area contributed by atoms with Gasteiger partial charge in [-0.05, 0) is 92.0 Å². The van der Waals surface area contributed by atoms with Gasteiger partial charge in [-0.15, -0.1) is 0 Å². The van der Waals surface area contributed by atoms with Crippen molar-refractivity contribution < 1.29 is 9.53 Å². The SMILES string of the molecule is Cc1ccc(C2Nc3ccc(NC(=O)CC4CCCO4)cc3C3CCC4CCCC4C32)cc1. The van der Waals surface area contributed by atoms with Crippen molar-refractivity contribution in [2.45, 2.75) is 76.4 Å². The summed E-state index contributed by atoms with van der Waals surface area (Å²) >= 11 is 0. The second-order valence-corrected chi connectivity index (χ2v) is 10.8. The lowest BCUT2D eigenvalue weighted by Crippen LogP contribution is -2.41. The van der Waals surface area contributed by atoms with E-state index in [2.05, 4.69) is 60.0 Å². The average molecular weight is 445 g/mol. The minimum absolute atomic E-state index is 0.0687. The zero-order valence-corrected chi connectivity index (χ0v) is 19.7. The van der Waals surface area contributed by atoms with Crippen LogP contribution in [-0.4, -0.2) is 18.6 Å². The molecule has 6 atom stereocenters. The number of carbonyl (C=O) groups excluding carboxylic acids is 1. The van der Waals surface area contributed by atoms with Gasteiger partial charge in [0.2, 0.25) is 5.91 Å². The maximum Gasteiger partial charge on any atom is 0.226 e. The molecular weight excluding hydrogens is 408 g/mol. The van der Waals surface area contributed by atoms with Crippen molar-refractivity contribution in [2.75, 3.05) is 17.2 Å². The number of aryl methyl sites for hydroxylation is 1. The Morgan fingerprint density at radius 1 is 1.03 bits per heavy atom. The predicted molar refractivity (Wildman–Crippen MR) is 133 cm³/mol. The summed E-state index contributed by atoms with van der Waals surface area (Å²) in [5, 5.41) is 7.11. The minimum atomic E-state index is 0.0687. The summed E-state index contributed by atoms with van der Waals surface area (Å²) in [6.45, 7) is 2.95. The van der Waals surface area contributed by atoms with Gasteiger partial charge >= 0.3 is 0 Å². The predicted octanol–water partition coefficient (Wildman–Crippen LogP) is 6.58. The van der Waals surface area contributed by atoms with E-state index in [4.69, 9.17) is 4.74 Å². The molecule has 0 radical (unpaired) electrons. The van der Waals surface area contributed by atoms with Gasteiger partial charge in [0.05, 0.1) is 18.6 Å². The molecule has 0 bridgehead atoms. The van der Waals surface area contributed by atoms with Crippen LogP contribution in [0.25, 0.3) is 0 Å². The molecule has 0 spiro atoms. The second kappa shape index (κ2) is 8.79. The quantitative estimate of drug-likeness (QED) is 0.560. The highest BCUT2D eigenvalue weighted by Crippen LogP contribution is 2.59. The fraction of sp³-hybridized carbons (Fsp3) is 0.552. The fourth-order valence-electron chi connectivity index (χ4n) is 7.30. The van der Waals surface area contributed by atoms with Crippen LogP contribution in [0.15, 0.2) is 42.5 Å². The number of amides is 1. The zero-order valence-electron chi connectivity index (χ0n) is 19.7. The average Bonchev–Trinajstić information content (AvgIpc) is 3.51. The summed E-state index contributed by atoms with van der Waals surface area (Å²) in [5.74, 6) is 2.94. The van der Waals surface area contributed by atoms with Crippen LogP contribution in [0.3, 0.4) is 0 Å². The molecule has 33 heavy (non-hydrogen) atoms. The maximum absolute atomic E-state index is 12.6. The lowest BCUT2D eigenvalue weighted by molar-refractivity contribution is -0.118. The van der Waals surface area contributed by atoms with Gasteiger partial charge in [-0.2, -0.15) is 0 Å². The standard InChI is InChI=1S/C29H36N2O2/c1-18-7-9-20(10-8-18)29-28-23-6-2-4-19(23)11-13-24(28)25-16-21(12-14-26(25)31-29)30-27(32)17-22-5-3-15-33-22/h7-10,12,14,16,19,22-24,28-29,31H,2-6,11,13,15,17H2,1H3,(H,30,32). The van der Waals surface area contributed by atoms with Crippen molar-refractivity contribution >= 4 is 17.3 Å². The van der Waals surface area contributed by atoms with E-state index < -0.39 is 0 Å². The molecule has 2 aromatic carbocycles. The van der Waals surface area contributed by atoms with Gasteiger partial charge in [-0.25, -0.2) is 0 Å². The molecule has 2 heterocycles. The van der Waals surface area contributed by atoms with Crippen LogP contribution in [-0.2, 0) is 9.53 Å². The number of fused-ring (bicyclic) bond motifs is 5. The van der Waals surface area contributed by atoms with Crippen LogP contribution in [0.2, 0.25) is 0 Å². The van der Waals surface area contributed by atoms with Gasteiger partial charge in [0, 0.05) is 18.0 Å². The summed E-state index contributed by atoms with van der Waals surface area (Å²) < 4.78 is 5.65. The van der Waals surface area contributed by atoms with Crippen LogP contribution in [0.5, 0.6) is 0 Å². The Kier molecular flexibility index (Phi) is 5.65. The van der Waals surface area contributed by atoms with Crippen molar-refractivity contribution in [3.63, 3.8) is 0 Å². The van der Waals surface area contributed by atoms with Crippen molar-refractivity contribution in [3.05, 3.63) is 59.2 Å². The van der Waals surface area contributed by atoms with E-state index in [1.807, 2.05) is 0 Å². The summed E-state index contributed by atoms with van der Waals surface area (Å²) in [4.78, 5) is 12.6. The molecule has 1 saturated heterocycles. The Labute approximate surface area is 197 Å². The highest BCUT2D eigenvalue weighted by Gasteiger charge is 2.48. The van der Waals surface area contributed by atoms with Crippen LogP contribution in [0.4, 0.5) is 11.4 Å². The molecule has 4 aliphatic rings. The fourth-order valence-corrected chi connectivity index (χ4v) is 7.30. The third-order valence-electron chi connectivity index (χ3n) is 8.83. The molecule has 6 rings (SSSR count). The number of rotatable bonds is 4. The summed E-state index contributed by atoms with van der Waals surface area (Å²) in [6, 6.07) is 16.0. The lowest BCUT2D eigenvalue weighted by Gasteiger charge is -2.49. The molecule has 1 amide bonds. The molecule has 2 saturated carbocycles. The molecule has 0 aromatic heterocycles. The normalized spacial score (nSPS) is 32.4. The van der Waals surface area contributed by atoms with E-state index in [9.17, 15) is 4.79 Å². The van der Waals surface area contributed by atoms with Gasteiger partial charge in [0.15, 0.2) is 0 Å². The van der Waals surface area contributed by atoms with Crippen LogP contribution in [0.1, 0.15) is 80.0 Å². The monoisotopic (exact) mass is 444 g/mol. The number of hydrogen-bond donors (Lipinski definition) is 2. The summed E-state index contributed by atoms with van der Waals surface area (Å²) in [6.07, 6.45) is 9.36. The Bertz CT molecular complexity index is 1010. The van der Waals surface area contributed by atoms with Crippen molar-refractivity contribution in [1.82, 2.24) is 0 Å². The number of ether oxygens (including phenoxy) is 1. The van der Waals surface area contributed by atoms with E-state index in [0.29, 0.717) is 24.3 Å². The minimum Gasteiger partial charge on any atom is -0.378 e. The summed E-state index contributed by atoms with van der Waals surface area (Å²) in [7, 11) is 0. The van der Waals surface area contributed by atoms with E-state index in [1.54, 1.807) is 0 Å². The molecular formula is C29H36N2O2. The Morgan fingerprint density at radius 2 is 1.91 bits per heavy atom. The van der Waals surface area contributed by atoms with E-state index in [-0.39, 0.29) is 12.0 Å². The smallest absolute Gasteiger partial charge is 0.226 e. The first-order valence-corrected chi connectivity index (χ1v) is 13.0. The van der Waals surface area contributed by atoms with Gasteiger partial charge in [0.25, 0.3) is 0 Å². The van der Waals surface area contributed by atoms with Gasteiger partial charge in [-0.1, -0.05) is 42.7 Å². The van der Waals surface area contributed by atoms with Crippen molar-refractivity contribution in [2.24, 2.45) is 17.8 Å². The molecule has 2 aliphatic carbocycles. The topological polar surface area (TPSA) is 50.4 Å². The lowest BCUT2D eigenvalue weighted by atomic mass is 9.60. The number of nitrogens with one attached hydrogen (secondary N) is 2.